The third kappa shape index (κ3) is 2.81. The van der Waals surface area contributed by atoms with Crippen molar-refractivity contribution in [3.05, 3.63) is 46.7 Å². The van der Waals surface area contributed by atoms with Gasteiger partial charge in [0, 0.05) is 11.6 Å². The van der Waals surface area contributed by atoms with Gasteiger partial charge in [0.15, 0.2) is 28.2 Å². The van der Waals surface area contributed by atoms with Gasteiger partial charge in [0.05, 0.1) is 31.8 Å². The molecule has 1 amide bonds. The number of amides is 1. The van der Waals surface area contributed by atoms with Gasteiger partial charge in [0.1, 0.15) is 6.10 Å². The van der Waals surface area contributed by atoms with Gasteiger partial charge in [0.25, 0.3) is 5.91 Å². The molecule has 0 saturated heterocycles. The number of ketones is 1. The van der Waals surface area contributed by atoms with Gasteiger partial charge < -0.3 is 14.2 Å². The van der Waals surface area contributed by atoms with Gasteiger partial charge in [-0.25, -0.2) is 4.98 Å². The van der Waals surface area contributed by atoms with E-state index >= 15 is 0 Å². The van der Waals surface area contributed by atoms with E-state index in [4.69, 9.17) is 14.2 Å². The minimum atomic E-state index is -0.603. The molecule has 0 N–H and O–H groups in total. The number of fused-ring (bicyclic) bond motifs is 1. The first-order valence-corrected chi connectivity index (χ1v) is 10.9. The van der Waals surface area contributed by atoms with Crippen molar-refractivity contribution in [3.63, 3.8) is 0 Å². The Morgan fingerprint density at radius 3 is 2.67 bits per heavy atom. The summed E-state index contributed by atoms with van der Waals surface area (Å²) < 4.78 is 17.0. The number of methoxy groups -OCH3 is 2. The van der Waals surface area contributed by atoms with Crippen molar-refractivity contribution in [1.29, 1.82) is 0 Å². The number of nitrogens with zero attached hydrogens (tertiary/aromatic N) is 2. The molecule has 8 heteroatoms. The third-order valence-corrected chi connectivity index (χ3v) is 6.88. The molecule has 1 aromatic carbocycles. The van der Waals surface area contributed by atoms with E-state index in [1.54, 1.807) is 31.4 Å². The molecule has 1 aliphatic carbocycles. The number of aromatic nitrogens is 1. The van der Waals surface area contributed by atoms with Crippen LogP contribution in [0.4, 0.5) is 5.13 Å². The number of anilines is 1. The van der Waals surface area contributed by atoms with E-state index in [0.29, 0.717) is 22.2 Å². The van der Waals surface area contributed by atoms with Gasteiger partial charge in [0.2, 0.25) is 0 Å². The SMILES string of the molecule is COc1ccc(C2C3=C(OC4CCCCC4C3=O)C(=O)N2c2nccs2)cc1OC. The molecule has 156 valence electrons. The second-order valence-electron chi connectivity index (χ2n) is 7.66. The molecule has 5 rings (SSSR count). The summed E-state index contributed by atoms with van der Waals surface area (Å²) in [5.41, 5.74) is 1.19. The van der Waals surface area contributed by atoms with Crippen LogP contribution in [0.2, 0.25) is 0 Å². The lowest BCUT2D eigenvalue weighted by Gasteiger charge is -2.35. The van der Waals surface area contributed by atoms with Crippen LogP contribution in [0.1, 0.15) is 37.3 Å². The fraction of sp³-hybridized carbons (Fsp3) is 0.409. The largest absolute Gasteiger partial charge is 0.493 e. The summed E-state index contributed by atoms with van der Waals surface area (Å²) in [6, 6.07) is 4.85. The van der Waals surface area contributed by atoms with E-state index in [2.05, 4.69) is 4.98 Å². The van der Waals surface area contributed by atoms with Crippen LogP contribution >= 0.6 is 11.3 Å². The Bertz CT molecular complexity index is 1030. The summed E-state index contributed by atoms with van der Waals surface area (Å²) in [6.45, 7) is 0. The van der Waals surface area contributed by atoms with E-state index in [9.17, 15) is 9.59 Å². The Labute approximate surface area is 178 Å². The van der Waals surface area contributed by atoms with E-state index in [0.717, 1.165) is 31.2 Å². The number of Topliss-reactive ketones (excluding diaryl/α,β-unsaturated/α-hetero) is 1. The van der Waals surface area contributed by atoms with Crippen molar-refractivity contribution >= 4 is 28.2 Å². The minimum Gasteiger partial charge on any atom is -0.493 e. The Morgan fingerprint density at radius 2 is 1.93 bits per heavy atom. The van der Waals surface area contributed by atoms with Crippen molar-refractivity contribution in [2.45, 2.75) is 37.8 Å². The number of carbonyl (C=O) groups is 2. The molecule has 30 heavy (non-hydrogen) atoms. The van der Waals surface area contributed by atoms with Crippen molar-refractivity contribution in [2.24, 2.45) is 5.92 Å². The zero-order valence-electron chi connectivity index (χ0n) is 16.8. The maximum absolute atomic E-state index is 13.6. The van der Waals surface area contributed by atoms with Crippen molar-refractivity contribution < 1.29 is 23.8 Å². The fourth-order valence-corrected chi connectivity index (χ4v) is 5.38. The maximum atomic E-state index is 13.6. The number of ether oxygens (including phenoxy) is 3. The Hall–Kier alpha value is -2.87. The van der Waals surface area contributed by atoms with E-state index in [1.807, 2.05) is 17.5 Å². The average molecular weight is 426 g/mol. The molecule has 3 atom stereocenters. The number of carbonyl (C=O) groups excluding carboxylic acids is 2. The summed E-state index contributed by atoms with van der Waals surface area (Å²) in [7, 11) is 3.13. The Balaban J connectivity index is 1.66. The number of hydrogen-bond donors (Lipinski definition) is 0. The topological polar surface area (TPSA) is 78.0 Å². The van der Waals surface area contributed by atoms with Gasteiger partial charge in [-0.2, -0.15) is 0 Å². The molecular formula is C22H22N2O5S. The molecule has 0 bridgehead atoms. The molecule has 0 radical (unpaired) electrons. The number of benzene rings is 1. The highest BCUT2D eigenvalue weighted by Gasteiger charge is 2.53. The standard InChI is InChI=1S/C22H22N2O5S/c1-27-15-8-7-12(11-16(15)28-2)18-17-19(25)13-5-3-4-6-14(13)29-20(17)21(26)24(18)22-23-9-10-30-22/h7-11,13-14,18H,3-6H2,1-2H3. The lowest BCUT2D eigenvalue weighted by molar-refractivity contribution is -0.131. The monoisotopic (exact) mass is 426 g/mol. The Kier molecular flexibility index (Phi) is 4.73. The molecule has 2 aliphatic heterocycles. The second kappa shape index (κ2) is 7.43. The van der Waals surface area contributed by atoms with Crippen molar-refractivity contribution in [2.75, 3.05) is 19.1 Å². The van der Waals surface area contributed by atoms with Gasteiger partial charge in [-0.05, 0) is 37.0 Å². The van der Waals surface area contributed by atoms with Crippen molar-refractivity contribution in [3.8, 4) is 11.5 Å². The third-order valence-electron chi connectivity index (χ3n) is 6.11. The lowest BCUT2D eigenvalue weighted by atomic mass is 9.77. The quantitative estimate of drug-likeness (QED) is 0.743. The normalized spacial score (nSPS) is 25.7. The zero-order valence-corrected chi connectivity index (χ0v) is 17.6. The van der Waals surface area contributed by atoms with Crippen LogP contribution in [0.5, 0.6) is 11.5 Å². The molecule has 3 heterocycles. The van der Waals surface area contributed by atoms with Gasteiger partial charge in [-0.15, -0.1) is 11.3 Å². The van der Waals surface area contributed by atoms with E-state index in [-0.39, 0.29) is 29.5 Å². The average Bonchev–Trinajstić information content (AvgIpc) is 3.40. The molecular weight excluding hydrogens is 404 g/mol. The summed E-state index contributed by atoms with van der Waals surface area (Å²) in [4.78, 5) is 32.9. The van der Waals surface area contributed by atoms with Crippen LogP contribution in [0.25, 0.3) is 0 Å². The highest BCUT2D eigenvalue weighted by Crippen LogP contribution is 2.49. The first-order valence-electron chi connectivity index (χ1n) is 10.0. The molecule has 7 nitrogen and oxygen atoms in total. The first kappa shape index (κ1) is 19.1. The highest BCUT2D eigenvalue weighted by molar-refractivity contribution is 7.13. The summed E-state index contributed by atoms with van der Waals surface area (Å²) in [5, 5.41) is 2.35. The lowest BCUT2D eigenvalue weighted by Crippen LogP contribution is -2.39. The second-order valence-corrected chi connectivity index (χ2v) is 8.53. The molecule has 2 aromatic rings. The van der Waals surface area contributed by atoms with Gasteiger partial charge >= 0.3 is 0 Å². The molecule has 1 saturated carbocycles. The van der Waals surface area contributed by atoms with Crippen LogP contribution in [-0.4, -0.2) is 37.0 Å². The zero-order chi connectivity index (χ0) is 20.8. The maximum Gasteiger partial charge on any atom is 0.296 e. The summed E-state index contributed by atoms with van der Waals surface area (Å²) >= 11 is 1.36. The van der Waals surface area contributed by atoms with Crippen molar-refractivity contribution in [1.82, 2.24) is 4.98 Å². The molecule has 3 unspecified atom stereocenters. The van der Waals surface area contributed by atoms with Crippen LogP contribution < -0.4 is 14.4 Å². The van der Waals surface area contributed by atoms with Crippen LogP contribution in [-0.2, 0) is 14.3 Å². The summed E-state index contributed by atoms with van der Waals surface area (Å²) in [5.74, 6) is 0.821. The number of rotatable bonds is 4. The fourth-order valence-electron chi connectivity index (χ4n) is 4.72. The molecule has 1 fully saturated rings. The van der Waals surface area contributed by atoms with Gasteiger partial charge in [-0.3, -0.25) is 14.5 Å². The minimum absolute atomic E-state index is 0.0214. The number of hydrogen-bond acceptors (Lipinski definition) is 7. The van der Waals surface area contributed by atoms with E-state index in [1.165, 1.54) is 11.3 Å². The summed E-state index contributed by atoms with van der Waals surface area (Å²) in [6.07, 6.45) is 5.06. The number of thiazole rings is 1. The molecule has 1 aromatic heterocycles. The first-order chi connectivity index (χ1) is 14.6. The predicted molar refractivity (Wildman–Crippen MR) is 111 cm³/mol. The van der Waals surface area contributed by atoms with Crippen LogP contribution in [0.3, 0.4) is 0 Å². The molecule has 3 aliphatic rings. The van der Waals surface area contributed by atoms with Crippen LogP contribution in [0, 0.1) is 5.92 Å². The highest BCUT2D eigenvalue weighted by atomic mass is 32.1. The van der Waals surface area contributed by atoms with Crippen LogP contribution in [0.15, 0.2) is 41.1 Å². The molecule has 0 spiro atoms. The Morgan fingerprint density at radius 1 is 1.13 bits per heavy atom. The smallest absolute Gasteiger partial charge is 0.296 e. The van der Waals surface area contributed by atoms with Gasteiger partial charge in [-0.1, -0.05) is 12.5 Å². The van der Waals surface area contributed by atoms with E-state index < -0.39 is 6.04 Å². The predicted octanol–water partition coefficient (Wildman–Crippen LogP) is 3.66.